The molecule has 0 rings (SSSR count). The van der Waals surface area contributed by atoms with Crippen molar-refractivity contribution in [3.8, 4) is 0 Å². The number of ether oxygens (including phenoxy) is 4. The van der Waals surface area contributed by atoms with Crippen LogP contribution < -0.4 is 0 Å². The van der Waals surface area contributed by atoms with Gasteiger partial charge in [0.1, 0.15) is 0 Å². The van der Waals surface area contributed by atoms with Crippen molar-refractivity contribution in [2.45, 2.75) is 12.4 Å². The zero-order valence-electron chi connectivity index (χ0n) is 8.74. The van der Waals surface area contributed by atoms with Crippen LogP contribution in [0.1, 0.15) is 6.42 Å². The fourth-order valence-electron chi connectivity index (χ4n) is 0.892. The van der Waals surface area contributed by atoms with Gasteiger partial charge in [-0.05, 0) is 0 Å². The van der Waals surface area contributed by atoms with Gasteiger partial charge in [0.2, 0.25) is 0 Å². The van der Waals surface area contributed by atoms with Crippen LogP contribution in [0.5, 0.6) is 0 Å². The van der Waals surface area contributed by atoms with Gasteiger partial charge in [0, 0.05) is 27.4 Å². The van der Waals surface area contributed by atoms with Crippen LogP contribution in [0.15, 0.2) is 12.7 Å². The fourth-order valence-corrected chi connectivity index (χ4v) is 0.892. The number of rotatable bonds is 7. The highest BCUT2D eigenvalue weighted by molar-refractivity contribution is 5.81. The topological polar surface area (TPSA) is 54.0 Å². The van der Waals surface area contributed by atoms with E-state index in [0.717, 1.165) is 6.08 Å². The van der Waals surface area contributed by atoms with Gasteiger partial charge in [-0.25, -0.2) is 4.79 Å². The van der Waals surface area contributed by atoms with Crippen molar-refractivity contribution in [2.75, 3.05) is 27.9 Å². The quantitative estimate of drug-likeness (QED) is 0.347. The van der Waals surface area contributed by atoms with E-state index in [9.17, 15) is 4.79 Å². The molecule has 0 spiro atoms. The predicted octanol–water partition coefficient (Wildman–Crippen LogP) is 0.699. The van der Waals surface area contributed by atoms with Crippen molar-refractivity contribution in [3.05, 3.63) is 12.7 Å². The number of carbonyl (C=O) groups excluding carboxylic acids is 1. The molecular weight excluding hydrogens is 188 g/mol. The Morgan fingerprint density at radius 2 is 1.79 bits per heavy atom. The molecule has 0 heterocycles. The van der Waals surface area contributed by atoms with Crippen molar-refractivity contribution in [3.63, 3.8) is 0 Å². The van der Waals surface area contributed by atoms with Crippen LogP contribution in [-0.2, 0) is 23.7 Å². The average molecular weight is 204 g/mol. The van der Waals surface area contributed by atoms with E-state index < -0.39 is 11.9 Å². The average Bonchev–Trinajstić information content (AvgIpc) is 2.25. The molecule has 0 amide bonds. The molecule has 0 N–H and O–H groups in total. The Hall–Kier alpha value is -0.910. The minimum atomic E-state index is -1.15. The lowest BCUT2D eigenvalue weighted by molar-refractivity contribution is -0.356. The molecule has 82 valence electrons. The summed E-state index contributed by atoms with van der Waals surface area (Å²) in [6, 6.07) is 0. The van der Waals surface area contributed by atoms with Crippen LogP contribution in [0, 0.1) is 0 Å². The van der Waals surface area contributed by atoms with Gasteiger partial charge < -0.3 is 18.9 Å². The fraction of sp³-hybridized carbons (Fsp3) is 0.667. The Morgan fingerprint density at radius 3 is 2.14 bits per heavy atom. The summed E-state index contributed by atoms with van der Waals surface area (Å²) in [5.41, 5.74) is 0. The third-order valence-corrected chi connectivity index (χ3v) is 1.75. The van der Waals surface area contributed by atoms with Crippen LogP contribution in [0.25, 0.3) is 0 Å². The van der Waals surface area contributed by atoms with Crippen molar-refractivity contribution in [1.82, 2.24) is 0 Å². The van der Waals surface area contributed by atoms with E-state index in [1.807, 2.05) is 0 Å². The molecule has 14 heavy (non-hydrogen) atoms. The Bertz CT molecular complexity index is 177. The summed E-state index contributed by atoms with van der Waals surface area (Å²) in [5.74, 6) is -1.64. The van der Waals surface area contributed by atoms with E-state index in [4.69, 9.17) is 18.9 Å². The molecule has 0 aromatic rings. The van der Waals surface area contributed by atoms with Crippen LogP contribution >= 0.6 is 0 Å². The molecule has 5 nitrogen and oxygen atoms in total. The highest BCUT2D eigenvalue weighted by Gasteiger charge is 2.29. The molecule has 0 bridgehead atoms. The smallest absolute Gasteiger partial charge is 0.330 e. The Labute approximate surface area is 83.6 Å². The van der Waals surface area contributed by atoms with Crippen LogP contribution in [-0.4, -0.2) is 39.9 Å². The first kappa shape index (κ1) is 13.1. The molecule has 0 atom stereocenters. The van der Waals surface area contributed by atoms with Crippen LogP contribution in [0.4, 0.5) is 0 Å². The molecule has 0 aliphatic carbocycles. The second-order valence-corrected chi connectivity index (χ2v) is 2.42. The largest absolute Gasteiger partial charge is 0.462 e. The summed E-state index contributed by atoms with van der Waals surface area (Å²) in [6.07, 6.45) is 1.38. The van der Waals surface area contributed by atoms with Gasteiger partial charge in [0.25, 0.3) is 5.97 Å². The number of esters is 1. The van der Waals surface area contributed by atoms with Gasteiger partial charge >= 0.3 is 5.97 Å². The van der Waals surface area contributed by atoms with Gasteiger partial charge in [-0.15, -0.1) is 0 Å². The zero-order valence-corrected chi connectivity index (χ0v) is 8.74. The summed E-state index contributed by atoms with van der Waals surface area (Å²) >= 11 is 0. The van der Waals surface area contributed by atoms with Gasteiger partial charge in [-0.1, -0.05) is 6.58 Å². The van der Waals surface area contributed by atoms with Gasteiger partial charge in [-0.2, -0.15) is 0 Å². The first-order chi connectivity index (χ1) is 6.64. The number of hydrogen-bond acceptors (Lipinski definition) is 5. The lowest BCUT2D eigenvalue weighted by Gasteiger charge is -2.28. The standard InChI is InChI=1S/C9H16O5/c1-5-8(10)14-7-6-9(11-2,12-3)13-4/h5H,1,6-7H2,2-4H3. The van der Waals surface area contributed by atoms with Crippen molar-refractivity contribution >= 4 is 5.97 Å². The van der Waals surface area contributed by atoms with E-state index >= 15 is 0 Å². The molecule has 0 aliphatic heterocycles. The van der Waals surface area contributed by atoms with E-state index in [0.29, 0.717) is 0 Å². The summed E-state index contributed by atoms with van der Waals surface area (Å²) < 4.78 is 19.7. The summed E-state index contributed by atoms with van der Waals surface area (Å²) in [4.78, 5) is 10.7. The van der Waals surface area contributed by atoms with E-state index in [1.165, 1.54) is 21.3 Å². The Morgan fingerprint density at radius 1 is 1.29 bits per heavy atom. The summed E-state index contributed by atoms with van der Waals surface area (Å²) in [7, 11) is 4.34. The zero-order chi connectivity index (χ0) is 11.0. The molecule has 5 heteroatoms. The van der Waals surface area contributed by atoms with Gasteiger partial charge in [0.05, 0.1) is 13.0 Å². The predicted molar refractivity (Wildman–Crippen MR) is 49.5 cm³/mol. The van der Waals surface area contributed by atoms with Gasteiger partial charge in [0.15, 0.2) is 0 Å². The van der Waals surface area contributed by atoms with Crippen LogP contribution in [0.3, 0.4) is 0 Å². The molecule has 0 aromatic carbocycles. The SMILES string of the molecule is C=CC(=O)OCCC(OC)(OC)OC. The Kier molecular flexibility index (Phi) is 6.11. The molecule has 0 saturated heterocycles. The highest BCUT2D eigenvalue weighted by Crippen LogP contribution is 2.16. The molecule has 0 unspecified atom stereocenters. The number of methoxy groups -OCH3 is 3. The third kappa shape index (κ3) is 3.87. The second-order valence-electron chi connectivity index (χ2n) is 2.42. The maximum Gasteiger partial charge on any atom is 0.330 e. The molecule has 0 saturated carbocycles. The molecule has 0 fully saturated rings. The van der Waals surface area contributed by atoms with Crippen LogP contribution in [0.2, 0.25) is 0 Å². The molecule has 0 aromatic heterocycles. The number of carbonyl (C=O) groups is 1. The van der Waals surface area contributed by atoms with Crippen molar-refractivity contribution < 1.29 is 23.7 Å². The molecule has 0 aliphatic rings. The lowest BCUT2D eigenvalue weighted by atomic mass is 10.4. The first-order valence-corrected chi connectivity index (χ1v) is 4.08. The maximum atomic E-state index is 10.7. The number of hydrogen-bond donors (Lipinski definition) is 0. The van der Waals surface area contributed by atoms with E-state index in [1.54, 1.807) is 0 Å². The maximum absolute atomic E-state index is 10.7. The van der Waals surface area contributed by atoms with E-state index in [-0.39, 0.29) is 13.0 Å². The first-order valence-electron chi connectivity index (χ1n) is 4.08. The minimum absolute atomic E-state index is 0.139. The van der Waals surface area contributed by atoms with Crippen molar-refractivity contribution in [1.29, 1.82) is 0 Å². The lowest BCUT2D eigenvalue weighted by Crippen LogP contribution is -2.37. The molecule has 0 radical (unpaired) electrons. The minimum Gasteiger partial charge on any atom is -0.462 e. The van der Waals surface area contributed by atoms with E-state index in [2.05, 4.69) is 6.58 Å². The summed E-state index contributed by atoms with van der Waals surface area (Å²) in [6.45, 7) is 3.41. The van der Waals surface area contributed by atoms with Crippen molar-refractivity contribution in [2.24, 2.45) is 0 Å². The monoisotopic (exact) mass is 204 g/mol. The second kappa shape index (κ2) is 6.53. The summed E-state index contributed by atoms with van der Waals surface area (Å²) in [5, 5.41) is 0. The van der Waals surface area contributed by atoms with Gasteiger partial charge in [-0.3, -0.25) is 0 Å². The Balaban J connectivity index is 3.94. The highest BCUT2D eigenvalue weighted by atomic mass is 16.9. The molecular formula is C9H16O5. The third-order valence-electron chi connectivity index (χ3n) is 1.75. The normalized spacial score (nSPS) is 11.1.